The van der Waals surface area contributed by atoms with Gasteiger partial charge in [0.15, 0.2) is 11.6 Å². The van der Waals surface area contributed by atoms with Gasteiger partial charge in [-0.15, -0.1) is 0 Å². The zero-order chi connectivity index (χ0) is 18.7. The first-order valence-electron chi connectivity index (χ1n) is 7.18. The third-order valence-electron chi connectivity index (χ3n) is 3.29. The quantitative estimate of drug-likeness (QED) is 0.448. The average Bonchev–Trinajstić information content (AvgIpc) is 2.60. The molecule has 7 nitrogen and oxygen atoms in total. The van der Waals surface area contributed by atoms with Gasteiger partial charge in [0.25, 0.3) is 0 Å². The molecule has 26 heavy (non-hydrogen) atoms. The predicted octanol–water partition coefficient (Wildman–Crippen LogP) is 4.91. The number of nitro groups is 1. The molecule has 0 spiro atoms. The molecule has 0 radical (unpaired) electrons. The van der Waals surface area contributed by atoms with Crippen molar-refractivity contribution >= 4 is 44.6 Å². The zero-order valence-corrected chi connectivity index (χ0v) is 14.5. The highest BCUT2D eigenvalue weighted by atomic mass is 79.9. The first kappa shape index (κ1) is 17.7. The van der Waals surface area contributed by atoms with Crippen LogP contribution in [0.4, 0.5) is 37.5 Å². The van der Waals surface area contributed by atoms with E-state index in [0.717, 1.165) is 22.9 Å². The van der Waals surface area contributed by atoms with Crippen LogP contribution < -0.4 is 10.6 Å². The van der Waals surface area contributed by atoms with Gasteiger partial charge >= 0.3 is 5.69 Å². The molecule has 0 bridgehead atoms. The van der Waals surface area contributed by atoms with Gasteiger partial charge in [0.1, 0.15) is 6.33 Å². The largest absolute Gasteiger partial charge is 0.353 e. The SMILES string of the molecule is O=[N+]([O-])c1c(Nc2ccc(Br)cc2)ncnc1Nc1ccc(F)c(F)c1. The molecule has 1 aromatic heterocycles. The molecular weight excluding hydrogens is 412 g/mol. The standard InChI is InChI=1S/C16H10BrF2N5O2/c17-9-1-3-10(4-2-9)22-15-14(24(25)26)16(21-8-20-15)23-11-5-6-12(18)13(19)7-11/h1-8H,(H2,20,21,22,23). The summed E-state index contributed by atoms with van der Waals surface area (Å²) in [6.45, 7) is 0. The molecule has 0 amide bonds. The van der Waals surface area contributed by atoms with Crippen LogP contribution in [0.3, 0.4) is 0 Å². The smallest absolute Gasteiger partial charge is 0.334 e. The van der Waals surface area contributed by atoms with E-state index < -0.39 is 22.2 Å². The van der Waals surface area contributed by atoms with Crippen molar-refractivity contribution in [2.75, 3.05) is 10.6 Å². The van der Waals surface area contributed by atoms with E-state index in [2.05, 4.69) is 36.5 Å². The third kappa shape index (κ3) is 3.91. The van der Waals surface area contributed by atoms with Crippen LogP contribution in [-0.4, -0.2) is 14.9 Å². The molecular formula is C16H10BrF2N5O2. The lowest BCUT2D eigenvalue weighted by Gasteiger charge is -2.10. The van der Waals surface area contributed by atoms with Crippen molar-refractivity contribution in [1.29, 1.82) is 0 Å². The van der Waals surface area contributed by atoms with E-state index in [9.17, 15) is 18.9 Å². The number of rotatable bonds is 5. The van der Waals surface area contributed by atoms with Crippen LogP contribution >= 0.6 is 15.9 Å². The summed E-state index contributed by atoms with van der Waals surface area (Å²) in [5, 5.41) is 17.0. The molecule has 0 saturated heterocycles. The van der Waals surface area contributed by atoms with Gasteiger partial charge in [-0.2, -0.15) is 0 Å². The number of benzene rings is 2. The first-order valence-corrected chi connectivity index (χ1v) is 7.97. The Balaban J connectivity index is 1.96. The molecule has 0 atom stereocenters. The fourth-order valence-electron chi connectivity index (χ4n) is 2.12. The Labute approximate surface area is 154 Å². The van der Waals surface area contributed by atoms with Gasteiger partial charge in [-0.3, -0.25) is 10.1 Å². The van der Waals surface area contributed by atoms with E-state index in [1.165, 1.54) is 6.07 Å². The van der Waals surface area contributed by atoms with Crippen molar-refractivity contribution in [3.8, 4) is 0 Å². The van der Waals surface area contributed by atoms with E-state index in [4.69, 9.17) is 0 Å². The van der Waals surface area contributed by atoms with Crippen molar-refractivity contribution in [2.24, 2.45) is 0 Å². The number of hydrogen-bond acceptors (Lipinski definition) is 6. The van der Waals surface area contributed by atoms with Gasteiger partial charge in [-0.25, -0.2) is 18.7 Å². The van der Waals surface area contributed by atoms with E-state index in [-0.39, 0.29) is 17.3 Å². The summed E-state index contributed by atoms with van der Waals surface area (Å²) in [4.78, 5) is 18.6. The highest BCUT2D eigenvalue weighted by Gasteiger charge is 2.23. The second kappa shape index (κ2) is 7.40. The van der Waals surface area contributed by atoms with Gasteiger partial charge in [0.05, 0.1) is 4.92 Å². The summed E-state index contributed by atoms with van der Waals surface area (Å²) in [5.74, 6) is -2.31. The topological polar surface area (TPSA) is 93.0 Å². The summed E-state index contributed by atoms with van der Waals surface area (Å²) in [7, 11) is 0. The minimum atomic E-state index is -1.08. The summed E-state index contributed by atoms with van der Waals surface area (Å²) in [6.07, 6.45) is 1.12. The number of nitrogens with one attached hydrogen (secondary N) is 2. The molecule has 0 fully saturated rings. The minimum absolute atomic E-state index is 0.0441. The number of anilines is 4. The molecule has 0 aliphatic rings. The summed E-state index contributed by atoms with van der Waals surface area (Å²) >= 11 is 3.30. The third-order valence-corrected chi connectivity index (χ3v) is 3.82. The van der Waals surface area contributed by atoms with Crippen molar-refractivity contribution in [2.45, 2.75) is 0 Å². The van der Waals surface area contributed by atoms with Gasteiger partial charge in [-0.1, -0.05) is 15.9 Å². The van der Waals surface area contributed by atoms with Crippen LogP contribution in [0.15, 0.2) is 53.3 Å². The summed E-state index contributed by atoms with van der Waals surface area (Å²) < 4.78 is 27.2. The molecule has 2 aromatic carbocycles. The lowest BCUT2D eigenvalue weighted by atomic mass is 10.3. The maximum atomic E-state index is 13.3. The highest BCUT2D eigenvalue weighted by Crippen LogP contribution is 2.33. The average molecular weight is 422 g/mol. The first-order chi connectivity index (χ1) is 12.4. The van der Waals surface area contributed by atoms with Crippen molar-refractivity contribution in [3.05, 3.63) is 75.0 Å². The molecule has 1 heterocycles. The number of halogens is 3. The Bertz CT molecular complexity index is 969. The zero-order valence-electron chi connectivity index (χ0n) is 12.9. The van der Waals surface area contributed by atoms with Crippen LogP contribution in [0.5, 0.6) is 0 Å². The minimum Gasteiger partial charge on any atom is -0.334 e. The molecule has 0 unspecified atom stereocenters. The van der Waals surface area contributed by atoms with Crippen molar-refractivity contribution < 1.29 is 13.7 Å². The molecule has 0 aliphatic heterocycles. The van der Waals surface area contributed by atoms with Crippen LogP contribution in [0.2, 0.25) is 0 Å². The Morgan fingerprint density at radius 1 is 0.923 bits per heavy atom. The van der Waals surface area contributed by atoms with Gasteiger partial charge in [0, 0.05) is 21.9 Å². The van der Waals surface area contributed by atoms with Crippen LogP contribution in [-0.2, 0) is 0 Å². The van der Waals surface area contributed by atoms with Crippen LogP contribution in [0.1, 0.15) is 0 Å². The second-order valence-electron chi connectivity index (χ2n) is 5.06. The fraction of sp³-hybridized carbons (Fsp3) is 0. The van der Waals surface area contributed by atoms with E-state index in [0.29, 0.717) is 5.69 Å². The normalized spacial score (nSPS) is 10.4. The Kier molecular flexibility index (Phi) is 5.03. The maximum Gasteiger partial charge on any atom is 0.353 e. The van der Waals surface area contributed by atoms with Crippen molar-refractivity contribution in [3.63, 3.8) is 0 Å². The lowest BCUT2D eigenvalue weighted by molar-refractivity contribution is -0.383. The number of hydrogen-bond donors (Lipinski definition) is 2. The number of nitrogens with zero attached hydrogens (tertiary/aromatic N) is 3. The van der Waals surface area contributed by atoms with E-state index in [1.807, 2.05) is 0 Å². The molecule has 0 saturated carbocycles. The highest BCUT2D eigenvalue weighted by molar-refractivity contribution is 9.10. The van der Waals surface area contributed by atoms with Gasteiger partial charge < -0.3 is 10.6 Å². The Morgan fingerprint density at radius 2 is 1.50 bits per heavy atom. The van der Waals surface area contributed by atoms with E-state index >= 15 is 0 Å². The predicted molar refractivity (Wildman–Crippen MR) is 95.8 cm³/mol. The maximum absolute atomic E-state index is 13.3. The molecule has 3 rings (SSSR count). The second-order valence-corrected chi connectivity index (χ2v) is 5.98. The summed E-state index contributed by atoms with van der Waals surface area (Å²) in [6, 6.07) is 9.96. The van der Waals surface area contributed by atoms with Crippen LogP contribution in [0.25, 0.3) is 0 Å². The molecule has 10 heteroatoms. The summed E-state index contributed by atoms with van der Waals surface area (Å²) in [5.41, 5.74) is 0.259. The van der Waals surface area contributed by atoms with Gasteiger partial charge in [-0.05, 0) is 36.4 Å². The molecule has 2 N–H and O–H groups in total. The molecule has 132 valence electrons. The fourth-order valence-corrected chi connectivity index (χ4v) is 2.38. The lowest BCUT2D eigenvalue weighted by Crippen LogP contribution is -2.05. The van der Waals surface area contributed by atoms with Crippen LogP contribution in [0, 0.1) is 21.7 Å². The van der Waals surface area contributed by atoms with Crippen molar-refractivity contribution in [1.82, 2.24) is 9.97 Å². The molecule has 0 aliphatic carbocycles. The number of aromatic nitrogens is 2. The Hall–Kier alpha value is -3.14. The van der Waals surface area contributed by atoms with E-state index in [1.54, 1.807) is 24.3 Å². The monoisotopic (exact) mass is 421 g/mol. The van der Waals surface area contributed by atoms with Gasteiger partial charge in [0.2, 0.25) is 11.6 Å². The molecule has 3 aromatic rings. The Morgan fingerprint density at radius 3 is 2.08 bits per heavy atom.